The highest BCUT2D eigenvalue weighted by Gasteiger charge is 2.21. The van der Waals surface area contributed by atoms with Crippen LogP contribution in [0.2, 0.25) is 0 Å². The van der Waals surface area contributed by atoms with E-state index in [2.05, 4.69) is 5.32 Å². The van der Waals surface area contributed by atoms with Crippen LogP contribution in [0, 0.1) is 0 Å². The molecule has 0 spiro atoms. The highest BCUT2D eigenvalue weighted by atomic mass is 32.2. The van der Waals surface area contributed by atoms with Gasteiger partial charge in [-0.15, -0.1) is 0 Å². The van der Waals surface area contributed by atoms with Crippen molar-refractivity contribution in [3.8, 4) is 0 Å². The Morgan fingerprint density at radius 1 is 1.54 bits per heavy atom. The fourth-order valence-electron chi connectivity index (χ4n) is 1.63. The van der Waals surface area contributed by atoms with Gasteiger partial charge < -0.3 is 11.1 Å². The summed E-state index contributed by atoms with van der Waals surface area (Å²) in [5, 5.41) is 3.25. The first-order valence-electron chi connectivity index (χ1n) is 4.66. The topological polar surface area (TPSA) is 72.2 Å². The van der Waals surface area contributed by atoms with E-state index in [1.54, 1.807) is 0 Å². The molecule has 1 aliphatic heterocycles. The molecule has 1 aliphatic rings. The van der Waals surface area contributed by atoms with Crippen LogP contribution < -0.4 is 11.1 Å². The summed E-state index contributed by atoms with van der Waals surface area (Å²) in [5.74, 6) is 0.234. The number of sulfone groups is 1. The first-order chi connectivity index (χ1) is 5.99. The van der Waals surface area contributed by atoms with Gasteiger partial charge in [0.25, 0.3) is 0 Å². The first-order valence-corrected chi connectivity index (χ1v) is 6.72. The van der Waals surface area contributed by atoms with E-state index >= 15 is 0 Å². The Bertz CT molecular complexity index is 251. The van der Waals surface area contributed by atoms with E-state index in [1.165, 1.54) is 6.26 Å². The van der Waals surface area contributed by atoms with Crippen LogP contribution in [0.1, 0.15) is 19.3 Å². The Balaban J connectivity index is 2.35. The molecule has 4 nitrogen and oxygen atoms in total. The summed E-state index contributed by atoms with van der Waals surface area (Å²) in [6.45, 7) is 0.960. The zero-order valence-corrected chi connectivity index (χ0v) is 8.81. The molecule has 0 amide bonds. The van der Waals surface area contributed by atoms with Gasteiger partial charge in [0, 0.05) is 18.3 Å². The molecule has 1 saturated heterocycles. The summed E-state index contributed by atoms with van der Waals surface area (Å²) in [6.07, 6.45) is 4.00. The van der Waals surface area contributed by atoms with Gasteiger partial charge in [-0.2, -0.15) is 0 Å². The maximum atomic E-state index is 10.9. The van der Waals surface area contributed by atoms with Crippen molar-refractivity contribution in [1.82, 2.24) is 5.32 Å². The molecule has 78 valence electrons. The molecule has 0 saturated carbocycles. The molecule has 13 heavy (non-hydrogen) atoms. The van der Waals surface area contributed by atoms with Crippen molar-refractivity contribution in [1.29, 1.82) is 0 Å². The second-order valence-electron chi connectivity index (χ2n) is 3.79. The van der Waals surface area contributed by atoms with Crippen LogP contribution in [0.15, 0.2) is 0 Å². The standard InChI is InChI=1S/C8H18N2O2S/c1-13(11,12)6-4-8-7(9)3-2-5-10-8/h7-8,10H,2-6,9H2,1H3/t7-,8+/m1/s1. The highest BCUT2D eigenvalue weighted by molar-refractivity contribution is 7.90. The van der Waals surface area contributed by atoms with Crippen molar-refractivity contribution in [3.05, 3.63) is 0 Å². The quantitative estimate of drug-likeness (QED) is 0.653. The van der Waals surface area contributed by atoms with Crippen LogP contribution in [0.3, 0.4) is 0 Å². The minimum atomic E-state index is -2.84. The SMILES string of the molecule is CS(=O)(=O)CC[C@@H]1NCCC[C@H]1N. The second-order valence-corrected chi connectivity index (χ2v) is 6.05. The van der Waals surface area contributed by atoms with E-state index < -0.39 is 9.84 Å². The Morgan fingerprint density at radius 2 is 2.23 bits per heavy atom. The molecule has 0 aromatic rings. The van der Waals surface area contributed by atoms with Crippen molar-refractivity contribution in [3.63, 3.8) is 0 Å². The van der Waals surface area contributed by atoms with Gasteiger partial charge in [-0.3, -0.25) is 0 Å². The molecule has 0 aromatic carbocycles. The predicted molar refractivity (Wildman–Crippen MR) is 53.3 cm³/mol. The first kappa shape index (κ1) is 10.9. The Hall–Kier alpha value is -0.130. The molecule has 1 heterocycles. The maximum absolute atomic E-state index is 10.9. The van der Waals surface area contributed by atoms with Gasteiger partial charge in [0.1, 0.15) is 9.84 Å². The lowest BCUT2D eigenvalue weighted by Gasteiger charge is -2.29. The zero-order valence-electron chi connectivity index (χ0n) is 7.99. The van der Waals surface area contributed by atoms with Gasteiger partial charge in [-0.1, -0.05) is 0 Å². The van der Waals surface area contributed by atoms with E-state index in [0.29, 0.717) is 6.42 Å². The van der Waals surface area contributed by atoms with Crippen LogP contribution in [-0.2, 0) is 9.84 Å². The molecule has 1 fully saturated rings. The summed E-state index contributed by atoms with van der Waals surface area (Å²) in [7, 11) is -2.84. The zero-order chi connectivity index (χ0) is 9.90. The molecule has 0 radical (unpaired) electrons. The van der Waals surface area contributed by atoms with Crippen LogP contribution in [0.25, 0.3) is 0 Å². The normalized spacial score (nSPS) is 30.3. The number of hydrogen-bond acceptors (Lipinski definition) is 4. The van der Waals surface area contributed by atoms with Gasteiger partial charge in [0.2, 0.25) is 0 Å². The summed E-state index contributed by atoms with van der Waals surface area (Å²) in [4.78, 5) is 0. The molecule has 5 heteroatoms. The number of nitrogens with two attached hydrogens (primary N) is 1. The minimum Gasteiger partial charge on any atom is -0.326 e. The average molecular weight is 206 g/mol. The molecule has 1 rings (SSSR count). The lowest BCUT2D eigenvalue weighted by molar-refractivity contribution is 0.343. The molecule has 0 unspecified atom stereocenters. The lowest BCUT2D eigenvalue weighted by atomic mass is 9.98. The third-order valence-electron chi connectivity index (χ3n) is 2.44. The van der Waals surface area contributed by atoms with Crippen LogP contribution in [0.5, 0.6) is 0 Å². The number of rotatable bonds is 3. The Labute approximate surface area is 79.8 Å². The fraction of sp³-hybridized carbons (Fsp3) is 1.00. The monoisotopic (exact) mass is 206 g/mol. The highest BCUT2D eigenvalue weighted by Crippen LogP contribution is 2.09. The predicted octanol–water partition coefficient (Wildman–Crippen LogP) is -0.500. The van der Waals surface area contributed by atoms with Crippen LogP contribution in [0.4, 0.5) is 0 Å². The van der Waals surface area contributed by atoms with Crippen molar-refractivity contribution in [2.75, 3.05) is 18.6 Å². The van der Waals surface area contributed by atoms with Crippen molar-refractivity contribution >= 4 is 9.84 Å². The largest absolute Gasteiger partial charge is 0.326 e. The van der Waals surface area contributed by atoms with Crippen LogP contribution >= 0.6 is 0 Å². The van der Waals surface area contributed by atoms with Gasteiger partial charge in [-0.05, 0) is 25.8 Å². The molecule has 0 aliphatic carbocycles. The molecular formula is C8H18N2O2S. The molecule has 0 aromatic heterocycles. The summed E-state index contributed by atoms with van der Waals surface area (Å²) in [5.41, 5.74) is 5.85. The lowest BCUT2D eigenvalue weighted by Crippen LogP contribution is -2.50. The Kier molecular flexibility index (Phi) is 3.70. The molecular weight excluding hydrogens is 188 g/mol. The maximum Gasteiger partial charge on any atom is 0.147 e. The van der Waals surface area contributed by atoms with Crippen molar-refractivity contribution in [2.45, 2.75) is 31.3 Å². The smallest absolute Gasteiger partial charge is 0.147 e. The number of hydrogen-bond donors (Lipinski definition) is 2. The van der Waals surface area contributed by atoms with E-state index in [1.807, 2.05) is 0 Å². The molecule has 3 N–H and O–H groups in total. The molecule has 0 bridgehead atoms. The summed E-state index contributed by atoms with van der Waals surface area (Å²) in [6, 6.07) is 0.305. The van der Waals surface area contributed by atoms with Gasteiger partial charge in [0.05, 0.1) is 5.75 Å². The van der Waals surface area contributed by atoms with E-state index in [-0.39, 0.29) is 17.8 Å². The third-order valence-corrected chi connectivity index (χ3v) is 3.41. The fourth-order valence-corrected chi connectivity index (χ4v) is 2.32. The van der Waals surface area contributed by atoms with Gasteiger partial charge in [-0.25, -0.2) is 8.42 Å². The van der Waals surface area contributed by atoms with E-state index in [0.717, 1.165) is 19.4 Å². The summed E-state index contributed by atoms with van der Waals surface area (Å²) < 4.78 is 21.8. The van der Waals surface area contributed by atoms with Crippen molar-refractivity contribution < 1.29 is 8.42 Å². The molecule has 2 atom stereocenters. The third kappa shape index (κ3) is 4.06. The van der Waals surface area contributed by atoms with E-state index in [4.69, 9.17) is 5.73 Å². The summed E-state index contributed by atoms with van der Waals surface area (Å²) >= 11 is 0. The van der Waals surface area contributed by atoms with E-state index in [9.17, 15) is 8.42 Å². The number of nitrogens with one attached hydrogen (secondary N) is 1. The Morgan fingerprint density at radius 3 is 2.77 bits per heavy atom. The average Bonchev–Trinajstić information content (AvgIpc) is 2.01. The van der Waals surface area contributed by atoms with Gasteiger partial charge >= 0.3 is 0 Å². The number of piperidine rings is 1. The minimum absolute atomic E-state index is 0.121. The van der Waals surface area contributed by atoms with Gasteiger partial charge in [0.15, 0.2) is 0 Å². The van der Waals surface area contributed by atoms with Crippen molar-refractivity contribution in [2.24, 2.45) is 5.73 Å². The second kappa shape index (κ2) is 4.39. The van der Waals surface area contributed by atoms with Crippen LogP contribution in [-0.4, -0.2) is 39.1 Å².